The smallest absolute Gasteiger partial charge is 0.273 e. The lowest BCUT2D eigenvalue weighted by atomic mass is 10.3. The molecule has 1 saturated carbocycles. The first-order valence-electron chi connectivity index (χ1n) is 4.41. The number of amides is 1. The van der Waals surface area contributed by atoms with Gasteiger partial charge in [-0.3, -0.25) is 4.79 Å². The zero-order valence-electron chi connectivity index (χ0n) is 7.45. The van der Waals surface area contributed by atoms with Gasteiger partial charge in [0.1, 0.15) is 0 Å². The van der Waals surface area contributed by atoms with Gasteiger partial charge in [-0.15, -0.1) is 0 Å². The van der Waals surface area contributed by atoms with Gasteiger partial charge in [0.2, 0.25) is 0 Å². The van der Waals surface area contributed by atoms with Crippen molar-refractivity contribution in [3.8, 4) is 0 Å². The van der Waals surface area contributed by atoms with Crippen LogP contribution >= 0.6 is 0 Å². The Kier molecular flexibility index (Phi) is 2.00. The van der Waals surface area contributed by atoms with Gasteiger partial charge >= 0.3 is 0 Å². The molecule has 5 nitrogen and oxygen atoms in total. The fraction of sp³-hybridized carbons (Fsp3) is 0.625. The van der Waals surface area contributed by atoms with Gasteiger partial charge in [-0.25, -0.2) is 0 Å². The van der Waals surface area contributed by atoms with Gasteiger partial charge in [-0.2, -0.15) is 15.4 Å². The topological polar surface area (TPSA) is 70.7 Å². The van der Waals surface area contributed by atoms with Gasteiger partial charge in [0.05, 0.1) is 6.20 Å². The molecule has 0 spiro atoms. The van der Waals surface area contributed by atoms with Crippen LogP contribution in [-0.4, -0.2) is 27.9 Å². The molecule has 2 atom stereocenters. The van der Waals surface area contributed by atoms with Crippen molar-refractivity contribution in [1.82, 2.24) is 20.7 Å². The molecule has 2 rings (SSSR count). The molecule has 1 aromatic heterocycles. The molecule has 70 valence electrons. The Morgan fingerprint density at radius 1 is 1.85 bits per heavy atom. The van der Waals surface area contributed by atoms with Gasteiger partial charge in [-0.05, 0) is 18.3 Å². The molecular weight excluding hydrogens is 168 g/mol. The number of rotatable bonds is 3. The minimum atomic E-state index is -0.146. The minimum Gasteiger partial charge on any atom is -0.350 e. The first kappa shape index (κ1) is 8.22. The Hall–Kier alpha value is -1.39. The third-order valence-corrected chi connectivity index (χ3v) is 2.45. The van der Waals surface area contributed by atoms with E-state index in [4.69, 9.17) is 0 Å². The molecular formula is C8H12N4O. The van der Waals surface area contributed by atoms with Crippen LogP contribution in [0.4, 0.5) is 0 Å². The average molecular weight is 180 g/mol. The summed E-state index contributed by atoms with van der Waals surface area (Å²) in [6, 6.07) is 0. The summed E-state index contributed by atoms with van der Waals surface area (Å²) >= 11 is 0. The second-order valence-corrected chi connectivity index (χ2v) is 3.54. The number of nitrogens with zero attached hydrogens (tertiary/aromatic N) is 2. The number of carbonyl (C=O) groups excluding carboxylic acids is 1. The molecule has 0 radical (unpaired) electrons. The molecule has 1 heterocycles. The molecule has 0 aliphatic heterocycles. The number of hydrogen-bond acceptors (Lipinski definition) is 3. The molecule has 1 aromatic rings. The van der Waals surface area contributed by atoms with Crippen LogP contribution in [0.5, 0.6) is 0 Å². The van der Waals surface area contributed by atoms with E-state index in [2.05, 4.69) is 27.7 Å². The predicted octanol–water partition coefficient (Wildman–Crippen LogP) is 0.190. The standard InChI is InChI=1S/C8H12N4O/c1-5-2-6(5)3-9-8(13)7-4-10-12-11-7/h4-6H,2-3H2,1H3,(H,9,13)(H,10,11,12). The molecule has 0 saturated heterocycles. The summed E-state index contributed by atoms with van der Waals surface area (Å²) in [6.45, 7) is 2.94. The van der Waals surface area contributed by atoms with E-state index in [1.54, 1.807) is 0 Å². The summed E-state index contributed by atoms with van der Waals surface area (Å²) in [5, 5.41) is 12.5. The highest BCUT2D eigenvalue weighted by molar-refractivity contribution is 5.91. The zero-order valence-corrected chi connectivity index (χ0v) is 7.45. The Morgan fingerprint density at radius 3 is 3.15 bits per heavy atom. The van der Waals surface area contributed by atoms with Crippen molar-refractivity contribution in [3.05, 3.63) is 11.9 Å². The quantitative estimate of drug-likeness (QED) is 0.697. The number of carbonyl (C=O) groups is 1. The largest absolute Gasteiger partial charge is 0.350 e. The van der Waals surface area contributed by atoms with Crippen molar-refractivity contribution < 1.29 is 4.79 Å². The second-order valence-electron chi connectivity index (χ2n) is 3.54. The highest BCUT2D eigenvalue weighted by Crippen LogP contribution is 2.36. The summed E-state index contributed by atoms with van der Waals surface area (Å²) in [5.41, 5.74) is 0.355. The predicted molar refractivity (Wildman–Crippen MR) is 46.0 cm³/mol. The van der Waals surface area contributed by atoms with Crippen molar-refractivity contribution >= 4 is 5.91 Å². The Morgan fingerprint density at radius 2 is 2.62 bits per heavy atom. The lowest BCUT2D eigenvalue weighted by Crippen LogP contribution is -2.26. The van der Waals surface area contributed by atoms with Crippen LogP contribution < -0.4 is 5.32 Å². The van der Waals surface area contributed by atoms with E-state index in [0.717, 1.165) is 12.5 Å². The maximum Gasteiger partial charge on any atom is 0.273 e. The van der Waals surface area contributed by atoms with Gasteiger partial charge in [0.25, 0.3) is 5.91 Å². The lowest BCUT2D eigenvalue weighted by molar-refractivity contribution is 0.0946. The van der Waals surface area contributed by atoms with Crippen LogP contribution in [0.1, 0.15) is 23.8 Å². The minimum absolute atomic E-state index is 0.146. The molecule has 0 aromatic carbocycles. The Bertz CT molecular complexity index is 295. The Labute approximate surface area is 75.9 Å². The first-order chi connectivity index (χ1) is 6.27. The van der Waals surface area contributed by atoms with Crippen molar-refractivity contribution in [2.45, 2.75) is 13.3 Å². The van der Waals surface area contributed by atoms with E-state index in [1.807, 2.05) is 0 Å². The van der Waals surface area contributed by atoms with Gasteiger partial charge in [0.15, 0.2) is 5.69 Å². The summed E-state index contributed by atoms with van der Waals surface area (Å²) in [4.78, 5) is 11.3. The molecule has 13 heavy (non-hydrogen) atoms. The third kappa shape index (κ3) is 1.85. The number of nitrogens with one attached hydrogen (secondary N) is 2. The van der Waals surface area contributed by atoms with Crippen LogP contribution in [0.3, 0.4) is 0 Å². The molecule has 5 heteroatoms. The van der Waals surface area contributed by atoms with Crippen LogP contribution in [0.2, 0.25) is 0 Å². The van der Waals surface area contributed by atoms with Crippen molar-refractivity contribution in [2.24, 2.45) is 11.8 Å². The number of aromatic amines is 1. The average Bonchev–Trinajstić information content (AvgIpc) is 2.67. The van der Waals surface area contributed by atoms with Gasteiger partial charge in [0, 0.05) is 6.54 Å². The molecule has 1 aliphatic carbocycles. The maximum absolute atomic E-state index is 11.3. The highest BCUT2D eigenvalue weighted by atomic mass is 16.1. The molecule has 2 unspecified atom stereocenters. The molecule has 2 N–H and O–H groups in total. The Balaban J connectivity index is 1.79. The number of hydrogen-bond donors (Lipinski definition) is 2. The van der Waals surface area contributed by atoms with Crippen LogP contribution in [0.25, 0.3) is 0 Å². The molecule has 1 amide bonds. The first-order valence-corrected chi connectivity index (χ1v) is 4.41. The molecule has 1 fully saturated rings. The van der Waals surface area contributed by atoms with E-state index < -0.39 is 0 Å². The summed E-state index contributed by atoms with van der Waals surface area (Å²) < 4.78 is 0. The lowest BCUT2D eigenvalue weighted by Gasteiger charge is -1.99. The van der Waals surface area contributed by atoms with Crippen LogP contribution in [0, 0.1) is 11.8 Å². The normalized spacial score (nSPS) is 25.6. The summed E-state index contributed by atoms with van der Waals surface area (Å²) in [7, 11) is 0. The van der Waals surface area contributed by atoms with Crippen molar-refractivity contribution in [1.29, 1.82) is 0 Å². The maximum atomic E-state index is 11.3. The van der Waals surface area contributed by atoms with E-state index in [-0.39, 0.29) is 5.91 Å². The fourth-order valence-electron chi connectivity index (χ4n) is 1.31. The van der Waals surface area contributed by atoms with E-state index in [1.165, 1.54) is 12.6 Å². The van der Waals surface area contributed by atoms with Crippen LogP contribution in [-0.2, 0) is 0 Å². The third-order valence-electron chi connectivity index (χ3n) is 2.45. The monoisotopic (exact) mass is 180 g/mol. The van der Waals surface area contributed by atoms with Crippen molar-refractivity contribution in [2.75, 3.05) is 6.54 Å². The van der Waals surface area contributed by atoms with Crippen LogP contribution in [0.15, 0.2) is 6.20 Å². The van der Waals surface area contributed by atoms with Gasteiger partial charge in [-0.1, -0.05) is 6.92 Å². The van der Waals surface area contributed by atoms with Gasteiger partial charge < -0.3 is 5.32 Å². The van der Waals surface area contributed by atoms with E-state index in [0.29, 0.717) is 11.6 Å². The number of aromatic nitrogens is 3. The zero-order chi connectivity index (χ0) is 9.26. The second kappa shape index (κ2) is 3.16. The van der Waals surface area contributed by atoms with E-state index >= 15 is 0 Å². The molecule has 0 bridgehead atoms. The van der Waals surface area contributed by atoms with Crippen molar-refractivity contribution in [3.63, 3.8) is 0 Å². The SMILES string of the molecule is CC1CC1CNC(=O)c1cn[nH]n1. The van der Waals surface area contributed by atoms with E-state index in [9.17, 15) is 4.79 Å². The summed E-state index contributed by atoms with van der Waals surface area (Å²) in [6.07, 6.45) is 2.64. The number of H-pyrrole nitrogens is 1. The summed E-state index contributed by atoms with van der Waals surface area (Å²) in [5.74, 6) is 1.28. The molecule has 1 aliphatic rings. The fourth-order valence-corrected chi connectivity index (χ4v) is 1.31. The highest BCUT2D eigenvalue weighted by Gasteiger charge is 2.32.